The van der Waals surface area contributed by atoms with Crippen LogP contribution in [0.3, 0.4) is 0 Å². The van der Waals surface area contributed by atoms with E-state index in [1.54, 1.807) is 6.20 Å². The van der Waals surface area contributed by atoms with E-state index in [0.717, 1.165) is 37.1 Å². The second-order valence-corrected chi connectivity index (χ2v) is 6.80. The fourth-order valence-corrected chi connectivity index (χ4v) is 3.53. The van der Waals surface area contributed by atoms with Crippen LogP contribution in [-0.2, 0) is 16.0 Å². The normalized spacial score (nSPS) is 17.2. The molecule has 1 aliphatic heterocycles. The minimum atomic E-state index is -0.795. The van der Waals surface area contributed by atoms with Crippen molar-refractivity contribution in [2.75, 3.05) is 6.54 Å². The predicted molar refractivity (Wildman–Crippen MR) is 98.1 cm³/mol. The summed E-state index contributed by atoms with van der Waals surface area (Å²) >= 11 is 0. The van der Waals surface area contributed by atoms with Crippen LogP contribution in [0, 0.1) is 0 Å². The number of benzene rings is 1. The molecule has 0 radical (unpaired) electrons. The zero-order valence-corrected chi connectivity index (χ0v) is 14.9. The number of amides is 1. The smallest absolute Gasteiger partial charge is 0.303 e. The SMILES string of the molecule is O=C(O)CC[C@H]1CCCCN1C(=O)CCc1cnn(-c2ccccc2)c1. The number of hydrogen-bond acceptors (Lipinski definition) is 3. The number of carbonyl (C=O) groups is 2. The molecule has 1 aromatic carbocycles. The molecular weight excluding hydrogens is 330 g/mol. The molecule has 6 heteroatoms. The van der Waals surface area contributed by atoms with Crippen LogP contribution < -0.4 is 0 Å². The van der Waals surface area contributed by atoms with Gasteiger partial charge >= 0.3 is 5.97 Å². The summed E-state index contributed by atoms with van der Waals surface area (Å²) < 4.78 is 1.82. The van der Waals surface area contributed by atoms with Crippen molar-refractivity contribution in [3.8, 4) is 5.69 Å². The molecular formula is C20H25N3O3. The Labute approximate surface area is 153 Å². The number of para-hydroxylation sites is 1. The van der Waals surface area contributed by atoms with Gasteiger partial charge in [-0.1, -0.05) is 18.2 Å². The molecule has 26 heavy (non-hydrogen) atoms. The Hall–Kier alpha value is -2.63. The molecule has 1 amide bonds. The maximum atomic E-state index is 12.7. The highest BCUT2D eigenvalue weighted by atomic mass is 16.4. The van der Waals surface area contributed by atoms with E-state index in [1.165, 1.54) is 0 Å². The number of carboxylic acids is 1. The van der Waals surface area contributed by atoms with Gasteiger partial charge in [-0.25, -0.2) is 4.68 Å². The van der Waals surface area contributed by atoms with Gasteiger partial charge in [0.1, 0.15) is 0 Å². The summed E-state index contributed by atoms with van der Waals surface area (Å²) in [7, 11) is 0. The molecule has 0 spiro atoms. The Morgan fingerprint density at radius 3 is 2.73 bits per heavy atom. The van der Waals surface area contributed by atoms with Crippen LogP contribution in [0.4, 0.5) is 0 Å². The van der Waals surface area contributed by atoms with Gasteiger partial charge in [0.2, 0.25) is 5.91 Å². The summed E-state index contributed by atoms with van der Waals surface area (Å²) in [4.78, 5) is 25.4. The van der Waals surface area contributed by atoms with Gasteiger partial charge in [-0.05, 0) is 49.8 Å². The van der Waals surface area contributed by atoms with Crippen molar-refractivity contribution < 1.29 is 14.7 Å². The second-order valence-electron chi connectivity index (χ2n) is 6.80. The minimum absolute atomic E-state index is 0.0689. The number of nitrogens with zero attached hydrogens (tertiary/aromatic N) is 3. The van der Waals surface area contributed by atoms with Crippen LogP contribution in [0.15, 0.2) is 42.7 Å². The molecule has 2 heterocycles. The zero-order valence-electron chi connectivity index (χ0n) is 14.9. The molecule has 1 aromatic heterocycles. The lowest BCUT2D eigenvalue weighted by Crippen LogP contribution is -2.44. The Balaban J connectivity index is 1.56. The van der Waals surface area contributed by atoms with Crippen molar-refractivity contribution >= 4 is 11.9 Å². The van der Waals surface area contributed by atoms with Gasteiger partial charge in [0.25, 0.3) is 0 Å². The molecule has 0 unspecified atom stereocenters. The molecule has 138 valence electrons. The maximum Gasteiger partial charge on any atom is 0.303 e. The minimum Gasteiger partial charge on any atom is -0.481 e. The lowest BCUT2D eigenvalue weighted by Gasteiger charge is -2.35. The number of aryl methyl sites for hydroxylation is 1. The van der Waals surface area contributed by atoms with Crippen LogP contribution in [0.5, 0.6) is 0 Å². The summed E-state index contributed by atoms with van der Waals surface area (Å²) in [6, 6.07) is 9.94. The molecule has 1 fully saturated rings. The highest BCUT2D eigenvalue weighted by Crippen LogP contribution is 2.22. The first-order chi connectivity index (χ1) is 12.6. The van der Waals surface area contributed by atoms with Gasteiger partial charge in [0, 0.05) is 31.6 Å². The van der Waals surface area contributed by atoms with E-state index in [2.05, 4.69) is 5.10 Å². The van der Waals surface area contributed by atoms with Gasteiger partial charge in [-0.15, -0.1) is 0 Å². The van der Waals surface area contributed by atoms with Crippen molar-refractivity contribution in [1.29, 1.82) is 0 Å². The summed E-state index contributed by atoms with van der Waals surface area (Å²) in [5, 5.41) is 13.3. The summed E-state index contributed by atoms with van der Waals surface area (Å²) in [6.07, 6.45) is 8.49. The Kier molecular flexibility index (Phi) is 6.04. The van der Waals surface area contributed by atoms with Crippen molar-refractivity contribution in [1.82, 2.24) is 14.7 Å². The van der Waals surface area contributed by atoms with Gasteiger partial charge in [0.05, 0.1) is 11.9 Å². The number of aromatic nitrogens is 2. The summed E-state index contributed by atoms with van der Waals surface area (Å²) in [5.41, 5.74) is 2.02. The topological polar surface area (TPSA) is 75.4 Å². The fraction of sp³-hybridized carbons (Fsp3) is 0.450. The number of piperidine rings is 1. The lowest BCUT2D eigenvalue weighted by atomic mass is 9.97. The van der Waals surface area contributed by atoms with E-state index in [9.17, 15) is 9.59 Å². The number of hydrogen-bond donors (Lipinski definition) is 1. The molecule has 1 aliphatic rings. The van der Waals surface area contributed by atoms with Crippen LogP contribution in [0.2, 0.25) is 0 Å². The number of rotatable bonds is 7. The zero-order chi connectivity index (χ0) is 18.4. The standard InChI is InChI=1S/C20H25N3O3/c24-19(22-13-5-4-6-17(22)10-12-20(25)26)11-9-16-14-21-23(15-16)18-7-2-1-3-8-18/h1-3,7-8,14-15,17H,4-6,9-13H2,(H,25,26)/t17-/m1/s1. The van der Waals surface area contributed by atoms with E-state index >= 15 is 0 Å². The van der Waals surface area contributed by atoms with Gasteiger partial charge in [-0.3, -0.25) is 9.59 Å². The maximum absolute atomic E-state index is 12.7. The molecule has 3 rings (SSSR count). The highest BCUT2D eigenvalue weighted by molar-refractivity contribution is 5.77. The summed E-state index contributed by atoms with van der Waals surface area (Å²) in [6.45, 7) is 0.742. The van der Waals surface area contributed by atoms with Gasteiger partial charge in [-0.2, -0.15) is 5.10 Å². The molecule has 1 N–H and O–H groups in total. The third kappa shape index (κ3) is 4.71. The molecule has 6 nitrogen and oxygen atoms in total. The van der Waals surface area contributed by atoms with E-state index in [0.29, 0.717) is 19.3 Å². The first-order valence-corrected chi connectivity index (χ1v) is 9.24. The van der Waals surface area contributed by atoms with Gasteiger partial charge < -0.3 is 10.0 Å². The molecule has 0 saturated carbocycles. The van der Waals surface area contributed by atoms with Crippen molar-refractivity contribution in [2.24, 2.45) is 0 Å². The number of carboxylic acid groups (broad SMARTS) is 1. The Morgan fingerprint density at radius 2 is 1.96 bits per heavy atom. The largest absolute Gasteiger partial charge is 0.481 e. The monoisotopic (exact) mass is 355 g/mol. The lowest BCUT2D eigenvalue weighted by molar-refractivity contribution is -0.140. The van der Waals surface area contributed by atoms with Crippen LogP contribution in [0.25, 0.3) is 5.69 Å². The second kappa shape index (κ2) is 8.65. The first kappa shape index (κ1) is 18.2. The van der Waals surface area contributed by atoms with Crippen LogP contribution in [-0.4, -0.2) is 44.3 Å². The molecule has 1 atom stereocenters. The quantitative estimate of drug-likeness (QED) is 0.828. The highest BCUT2D eigenvalue weighted by Gasteiger charge is 2.26. The molecule has 2 aromatic rings. The van der Waals surface area contributed by atoms with Crippen molar-refractivity contribution in [3.63, 3.8) is 0 Å². The van der Waals surface area contributed by atoms with Crippen molar-refractivity contribution in [3.05, 3.63) is 48.3 Å². The average molecular weight is 355 g/mol. The Bertz CT molecular complexity index is 742. The van der Waals surface area contributed by atoms with Crippen LogP contribution >= 0.6 is 0 Å². The Morgan fingerprint density at radius 1 is 1.15 bits per heavy atom. The van der Waals surface area contributed by atoms with E-state index in [-0.39, 0.29) is 18.4 Å². The van der Waals surface area contributed by atoms with Gasteiger partial charge in [0.15, 0.2) is 0 Å². The predicted octanol–water partition coefficient (Wildman–Crippen LogP) is 3.05. The van der Waals surface area contributed by atoms with E-state index < -0.39 is 5.97 Å². The van der Waals surface area contributed by atoms with E-state index in [4.69, 9.17) is 5.11 Å². The number of carbonyl (C=O) groups excluding carboxylic acids is 1. The fourth-order valence-electron chi connectivity index (χ4n) is 3.53. The third-order valence-corrected chi connectivity index (χ3v) is 4.92. The molecule has 1 saturated heterocycles. The molecule has 0 aliphatic carbocycles. The number of aliphatic carboxylic acids is 1. The third-order valence-electron chi connectivity index (χ3n) is 4.92. The van der Waals surface area contributed by atoms with Crippen LogP contribution in [0.1, 0.15) is 44.1 Å². The number of likely N-dealkylation sites (tertiary alicyclic amines) is 1. The average Bonchev–Trinajstić information content (AvgIpc) is 3.14. The summed E-state index contributed by atoms with van der Waals surface area (Å²) in [5.74, 6) is -0.677. The first-order valence-electron chi connectivity index (χ1n) is 9.24. The molecule has 0 bridgehead atoms. The van der Waals surface area contributed by atoms with Crippen molar-refractivity contribution in [2.45, 2.75) is 51.0 Å². The van der Waals surface area contributed by atoms with E-state index in [1.807, 2.05) is 46.1 Å².